The Kier molecular flexibility index (Phi) is 5.86. The fraction of sp³-hybridized carbons (Fsp3) is 0.176. The van der Waals surface area contributed by atoms with Gasteiger partial charge in [-0.1, -0.05) is 36.3 Å². The second-order valence-corrected chi connectivity index (χ2v) is 4.78. The first-order chi connectivity index (χ1) is 11.6. The summed E-state index contributed by atoms with van der Waals surface area (Å²) >= 11 is 0. The quantitative estimate of drug-likeness (QED) is 0.529. The van der Waals surface area contributed by atoms with E-state index in [1.54, 1.807) is 6.92 Å². The molecular weight excluding hydrogens is 310 g/mol. The SMILES string of the molecule is Cc1nc(C#CCNC(=O)OCc2ccccc2)ccc1[N+](=O)[O-]. The maximum absolute atomic E-state index is 11.5. The molecule has 1 amide bonds. The first kappa shape index (κ1) is 17.0. The van der Waals surface area contributed by atoms with Crippen LogP contribution in [-0.4, -0.2) is 22.5 Å². The number of aryl methyl sites for hydroxylation is 1. The van der Waals surface area contributed by atoms with Crippen LogP contribution in [0.4, 0.5) is 10.5 Å². The van der Waals surface area contributed by atoms with E-state index in [1.165, 1.54) is 12.1 Å². The minimum atomic E-state index is -0.569. The highest BCUT2D eigenvalue weighted by atomic mass is 16.6. The number of ether oxygens (including phenoxy) is 1. The minimum absolute atomic E-state index is 0.0526. The van der Waals surface area contributed by atoms with E-state index in [-0.39, 0.29) is 18.8 Å². The molecule has 0 fully saturated rings. The van der Waals surface area contributed by atoms with Gasteiger partial charge in [0, 0.05) is 6.07 Å². The molecule has 0 radical (unpaired) electrons. The van der Waals surface area contributed by atoms with Crippen LogP contribution in [0, 0.1) is 28.9 Å². The van der Waals surface area contributed by atoms with Gasteiger partial charge in [-0.15, -0.1) is 0 Å². The molecule has 0 saturated heterocycles. The standard InChI is InChI=1S/C17H15N3O4/c1-13-16(20(22)23)10-9-15(19-13)8-5-11-18-17(21)24-12-14-6-3-2-4-7-14/h2-4,6-7,9-10H,11-12H2,1H3,(H,18,21). The average Bonchev–Trinajstić information content (AvgIpc) is 2.57. The predicted octanol–water partition coefficient (Wildman–Crippen LogP) is 2.58. The number of carbonyl (C=O) groups is 1. The molecule has 0 aliphatic heterocycles. The second kappa shape index (κ2) is 8.29. The molecule has 1 aromatic carbocycles. The molecule has 1 N–H and O–H groups in total. The number of hydrogen-bond donors (Lipinski definition) is 1. The molecular formula is C17H15N3O4. The van der Waals surface area contributed by atoms with Crippen molar-refractivity contribution < 1.29 is 14.5 Å². The summed E-state index contributed by atoms with van der Waals surface area (Å²) in [7, 11) is 0. The summed E-state index contributed by atoms with van der Waals surface area (Å²) in [5.74, 6) is 5.44. The van der Waals surface area contributed by atoms with Crippen molar-refractivity contribution in [3.05, 3.63) is 69.5 Å². The third-order valence-corrected chi connectivity index (χ3v) is 3.00. The maximum Gasteiger partial charge on any atom is 0.408 e. The summed E-state index contributed by atoms with van der Waals surface area (Å²) in [5.41, 5.74) is 1.53. The zero-order valence-corrected chi connectivity index (χ0v) is 13.0. The molecule has 0 bridgehead atoms. The van der Waals surface area contributed by atoms with Crippen LogP contribution in [0.3, 0.4) is 0 Å². The van der Waals surface area contributed by atoms with Crippen LogP contribution >= 0.6 is 0 Å². The van der Waals surface area contributed by atoms with Crippen LogP contribution in [0.15, 0.2) is 42.5 Å². The third kappa shape index (κ3) is 5.10. The van der Waals surface area contributed by atoms with E-state index >= 15 is 0 Å². The Morgan fingerprint density at radius 3 is 2.71 bits per heavy atom. The summed E-state index contributed by atoms with van der Waals surface area (Å²) in [6.45, 7) is 1.82. The zero-order chi connectivity index (χ0) is 17.4. The number of aromatic nitrogens is 1. The summed E-state index contributed by atoms with van der Waals surface area (Å²) < 4.78 is 5.03. The number of nitrogens with zero attached hydrogens (tertiary/aromatic N) is 2. The van der Waals surface area contributed by atoms with Gasteiger partial charge in [0.2, 0.25) is 0 Å². The lowest BCUT2D eigenvalue weighted by atomic mass is 10.2. The number of benzene rings is 1. The summed E-state index contributed by atoms with van der Waals surface area (Å²) in [6, 6.07) is 12.1. The minimum Gasteiger partial charge on any atom is -0.445 e. The van der Waals surface area contributed by atoms with Gasteiger partial charge < -0.3 is 10.1 Å². The Bertz CT molecular complexity index is 794. The van der Waals surface area contributed by atoms with Gasteiger partial charge in [0.05, 0.1) is 11.5 Å². The summed E-state index contributed by atoms with van der Waals surface area (Å²) in [5, 5.41) is 13.2. The van der Waals surface area contributed by atoms with Crippen molar-refractivity contribution in [2.75, 3.05) is 6.54 Å². The summed E-state index contributed by atoms with van der Waals surface area (Å²) in [6.07, 6.45) is -0.569. The van der Waals surface area contributed by atoms with Crippen LogP contribution in [0.2, 0.25) is 0 Å². The van der Waals surface area contributed by atoms with Crippen LogP contribution < -0.4 is 5.32 Å². The first-order valence-corrected chi connectivity index (χ1v) is 7.11. The number of alkyl carbamates (subject to hydrolysis) is 1. The molecule has 0 unspecified atom stereocenters. The Morgan fingerprint density at radius 2 is 2.04 bits per heavy atom. The molecule has 1 heterocycles. The number of amides is 1. The second-order valence-electron chi connectivity index (χ2n) is 4.78. The fourth-order valence-electron chi connectivity index (χ4n) is 1.84. The van der Waals surface area contributed by atoms with Crippen molar-refractivity contribution in [2.45, 2.75) is 13.5 Å². The topological polar surface area (TPSA) is 94.4 Å². The monoisotopic (exact) mass is 325 g/mol. The van der Waals surface area contributed by atoms with Crippen LogP contribution in [0.1, 0.15) is 17.0 Å². The third-order valence-electron chi connectivity index (χ3n) is 3.00. The highest BCUT2D eigenvalue weighted by molar-refractivity contribution is 5.67. The van der Waals surface area contributed by atoms with Gasteiger partial charge in [-0.05, 0) is 24.5 Å². The lowest BCUT2D eigenvalue weighted by Gasteiger charge is -2.04. The molecule has 0 saturated carbocycles. The first-order valence-electron chi connectivity index (χ1n) is 7.11. The molecule has 7 nitrogen and oxygen atoms in total. The van der Waals surface area contributed by atoms with E-state index in [4.69, 9.17) is 4.74 Å². The average molecular weight is 325 g/mol. The van der Waals surface area contributed by atoms with Crippen LogP contribution in [0.5, 0.6) is 0 Å². The van der Waals surface area contributed by atoms with Gasteiger partial charge in [-0.25, -0.2) is 9.78 Å². The number of hydrogen-bond acceptors (Lipinski definition) is 5. The van der Waals surface area contributed by atoms with E-state index in [1.807, 2.05) is 30.3 Å². The van der Waals surface area contributed by atoms with Crippen molar-refractivity contribution in [1.29, 1.82) is 0 Å². The molecule has 7 heteroatoms. The van der Waals surface area contributed by atoms with Crippen LogP contribution in [-0.2, 0) is 11.3 Å². The highest BCUT2D eigenvalue weighted by Crippen LogP contribution is 2.14. The van der Waals surface area contributed by atoms with Crippen LogP contribution in [0.25, 0.3) is 0 Å². The molecule has 0 aliphatic carbocycles. The highest BCUT2D eigenvalue weighted by Gasteiger charge is 2.10. The largest absolute Gasteiger partial charge is 0.445 e. The Hall–Kier alpha value is -3.40. The normalized spacial score (nSPS) is 9.54. The number of pyridine rings is 1. The molecule has 122 valence electrons. The van der Waals surface area contributed by atoms with Crippen molar-refractivity contribution in [1.82, 2.24) is 10.3 Å². The van der Waals surface area contributed by atoms with Gasteiger partial charge in [-0.2, -0.15) is 0 Å². The maximum atomic E-state index is 11.5. The molecule has 0 spiro atoms. The van der Waals surface area contributed by atoms with Gasteiger partial charge in [-0.3, -0.25) is 10.1 Å². The lowest BCUT2D eigenvalue weighted by Crippen LogP contribution is -2.24. The molecule has 24 heavy (non-hydrogen) atoms. The van der Waals surface area contributed by atoms with E-state index < -0.39 is 11.0 Å². The molecule has 0 atom stereocenters. The lowest BCUT2D eigenvalue weighted by molar-refractivity contribution is -0.385. The molecule has 2 rings (SSSR count). The van der Waals surface area contributed by atoms with E-state index in [9.17, 15) is 14.9 Å². The van der Waals surface area contributed by atoms with Crippen molar-refractivity contribution in [2.24, 2.45) is 0 Å². The Balaban J connectivity index is 1.80. The van der Waals surface area contributed by atoms with E-state index in [0.717, 1.165) is 5.56 Å². The number of nitrogens with one attached hydrogen (secondary N) is 1. The van der Waals surface area contributed by atoms with Gasteiger partial charge in [0.15, 0.2) is 0 Å². The molecule has 1 aromatic heterocycles. The van der Waals surface area contributed by atoms with E-state index in [0.29, 0.717) is 11.4 Å². The zero-order valence-electron chi connectivity index (χ0n) is 13.0. The van der Waals surface area contributed by atoms with Crippen molar-refractivity contribution >= 4 is 11.8 Å². The van der Waals surface area contributed by atoms with E-state index in [2.05, 4.69) is 22.1 Å². The Morgan fingerprint density at radius 1 is 1.29 bits per heavy atom. The van der Waals surface area contributed by atoms with Gasteiger partial charge in [0.25, 0.3) is 5.69 Å². The fourth-order valence-corrected chi connectivity index (χ4v) is 1.84. The van der Waals surface area contributed by atoms with Gasteiger partial charge >= 0.3 is 6.09 Å². The predicted molar refractivity (Wildman–Crippen MR) is 87.1 cm³/mol. The number of nitro groups is 1. The van der Waals surface area contributed by atoms with Crippen molar-refractivity contribution in [3.8, 4) is 11.8 Å². The summed E-state index contributed by atoms with van der Waals surface area (Å²) in [4.78, 5) is 25.7. The molecule has 0 aliphatic rings. The smallest absolute Gasteiger partial charge is 0.408 e. The number of rotatable bonds is 4. The van der Waals surface area contributed by atoms with Crippen molar-refractivity contribution in [3.63, 3.8) is 0 Å². The number of carbonyl (C=O) groups excluding carboxylic acids is 1. The Labute approximate surface area is 138 Å². The van der Waals surface area contributed by atoms with Gasteiger partial charge in [0.1, 0.15) is 18.0 Å². The molecule has 2 aromatic rings.